The van der Waals surface area contributed by atoms with Crippen molar-refractivity contribution in [2.75, 3.05) is 0 Å². The summed E-state index contributed by atoms with van der Waals surface area (Å²) < 4.78 is 0. The van der Waals surface area contributed by atoms with E-state index in [1.165, 1.54) is 37.7 Å². The summed E-state index contributed by atoms with van der Waals surface area (Å²) in [6, 6.07) is 4.85. The van der Waals surface area contributed by atoms with Crippen molar-refractivity contribution in [2.24, 2.45) is 11.3 Å². The zero-order valence-corrected chi connectivity index (χ0v) is 12.7. The average molecular weight is 260 g/mol. The maximum atomic E-state index is 4.16. The topological polar surface area (TPSA) is 24.9 Å². The molecule has 1 heterocycles. The highest BCUT2D eigenvalue weighted by Crippen LogP contribution is 2.40. The normalized spacial score (nSPS) is 24.4. The van der Waals surface area contributed by atoms with E-state index in [9.17, 15) is 0 Å². The number of rotatable bonds is 5. The van der Waals surface area contributed by atoms with Crippen molar-refractivity contribution in [3.05, 3.63) is 30.1 Å². The molecule has 1 N–H and O–H groups in total. The molecule has 2 heteroatoms. The van der Waals surface area contributed by atoms with Gasteiger partial charge < -0.3 is 5.32 Å². The summed E-state index contributed by atoms with van der Waals surface area (Å²) in [6.45, 7) is 8.15. The minimum atomic E-state index is 0.522. The van der Waals surface area contributed by atoms with Gasteiger partial charge in [-0.05, 0) is 48.6 Å². The van der Waals surface area contributed by atoms with Crippen molar-refractivity contribution in [2.45, 2.75) is 65.5 Å². The van der Waals surface area contributed by atoms with Crippen molar-refractivity contribution in [3.63, 3.8) is 0 Å². The molecule has 0 saturated heterocycles. The van der Waals surface area contributed by atoms with E-state index in [1.54, 1.807) is 0 Å². The monoisotopic (exact) mass is 260 g/mol. The van der Waals surface area contributed by atoms with Gasteiger partial charge in [-0.25, -0.2) is 0 Å². The van der Waals surface area contributed by atoms with Crippen LogP contribution in [-0.2, 0) is 6.54 Å². The predicted octanol–water partition coefficient (Wildman–Crippen LogP) is 4.17. The second kappa shape index (κ2) is 6.51. The van der Waals surface area contributed by atoms with Gasteiger partial charge in [0.15, 0.2) is 0 Å². The van der Waals surface area contributed by atoms with Gasteiger partial charge in [-0.3, -0.25) is 4.98 Å². The first kappa shape index (κ1) is 14.5. The van der Waals surface area contributed by atoms with Crippen LogP contribution in [0.5, 0.6) is 0 Å². The molecular weight excluding hydrogens is 232 g/mol. The Labute approximate surface area is 118 Å². The van der Waals surface area contributed by atoms with Crippen molar-refractivity contribution in [1.82, 2.24) is 10.3 Å². The molecule has 0 unspecified atom stereocenters. The fraction of sp³-hybridized carbons (Fsp3) is 0.706. The molecule has 0 spiro atoms. The quantitative estimate of drug-likeness (QED) is 0.859. The lowest BCUT2D eigenvalue weighted by molar-refractivity contribution is 0.137. The molecule has 0 bridgehead atoms. The molecule has 106 valence electrons. The van der Waals surface area contributed by atoms with Crippen LogP contribution in [0.3, 0.4) is 0 Å². The molecule has 1 aromatic heterocycles. The van der Waals surface area contributed by atoms with E-state index in [1.807, 2.05) is 18.5 Å². The van der Waals surface area contributed by atoms with Crippen LogP contribution in [0, 0.1) is 11.3 Å². The van der Waals surface area contributed by atoms with E-state index >= 15 is 0 Å². The largest absolute Gasteiger partial charge is 0.310 e. The van der Waals surface area contributed by atoms with Crippen molar-refractivity contribution in [1.29, 1.82) is 0 Å². The van der Waals surface area contributed by atoms with E-state index < -0.39 is 0 Å². The molecule has 0 aromatic carbocycles. The minimum absolute atomic E-state index is 0.522. The number of nitrogens with zero attached hydrogens (tertiary/aromatic N) is 1. The molecule has 0 atom stereocenters. The van der Waals surface area contributed by atoms with Crippen LogP contribution < -0.4 is 5.32 Å². The summed E-state index contributed by atoms with van der Waals surface area (Å²) in [5.41, 5.74) is 1.81. The molecular formula is C17H28N2. The molecule has 0 aliphatic heterocycles. The maximum Gasteiger partial charge on any atom is 0.0312 e. The van der Waals surface area contributed by atoms with Gasteiger partial charge in [0.05, 0.1) is 0 Å². The van der Waals surface area contributed by atoms with Gasteiger partial charge in [0.25, 0.3) is 0 Å². The second-order valence-corrected chi connectivity index (χ2v) is 6.63. The van der Waals surface area contributed by atoms with Gasteiger partial charge in [-0.1, -0.05) is 33.3 Å². The Balaban J connectivity index is 1.75. The van der Waals surface area contributed by atoms with Crippen LogP contribution in [0.15, 0.2) is 24.5 Å². The van der Waals surface area contributed by atoms with Crippen LogP contribution in [0.1, 0.15) is 58.4 Å². The Morgan fingerprint density at radius 2 is 2.00 bits per heavy atom. The highest BCUT2D eigenvalue weighted by atomic mass is 14.9. The third-order valence-electron chi connectivity index (χ3n) is 5.06. The number of nitrogens with one attached hydrogen (secondary N) is 1. The Morgan fingerprint density at radius 1 is 1.26 bits per heavy atom. The zero-order chi connectivity index (χ0) is 13.7. The molecule has 0 amide bonds. The van der Waals surface area contributed by atoms with Crippen LogP contribution in [-0.4, -0.2) is 11.0 Å². The molecule has 19 heavy (non-hydrogen) atoms. The number of aromatic nitrogens is 1. The Kier molecular flexibility index (Phi) is 4.98. The first-order valence-electron chi connectivity index (χ1n) is 7.74. The van der Waals surface area contributed by atoms with E-state index in [0.29, 0.717) is 11.5 Å². The summed E-state index contributed by atoms with van der Waals surface area (Å²) in [4.78, 5) is 4.16. The molecule has 1 saturated carbocycles. The van der Waals surface area contributed by atoms with Crippen molar-refractivity contribution < 1.29 is 0 Å². The minimum Gasteiger partial charge on any atom is -0.310 e. The number of hydrogen-bond donors (Lipinski definition) is 1. The van der Waals surface area contributed by atoms with Gasteiger partial charge >= 0.3 is 0 Å². The third kappa shape index (κ3) is 4.04. The molecule has 1 fully saturated rings. The summed E-state index contributed by atoms with van der Waals surface area (Å²) in [5.74, 6) is 0.911. The van der Waals surface area contributed by atoms with E-state index in [2.05, 4.69) is 37.1 Å². The fourth-order valence-electron chi connectivity index (χ4n) is 3.13. The lowest BCUT2D eigenvalue weighted by Crippen LogP contribution is -2.36. The van der Waals surface area contributed by atoms with Crippen molar-refractivity contribution in [3.8, 4) is 0 Å². The van der Waals surface area contributed by atoms with Crippen molar-refractivity contribution >= 4 is 0 Å². The average Bonchev–Trinajstić information content (AvgIpc) is 2.47. The van der Waals surface area contributed by atoms with Gasteiger partial charge in [-0.2, -0.15) is 0 Å². The van der Waals surface area contributed by atoms with E-state index in [0.717, 1.165) is 12.5 Å². The lowest BCUT2D eigenvalue weighted by Gasteiger charge is -2.39. The van der Waals surface area contributed by atoms with Gasteiger partial charge in [0.1, 0.15) is 0 Å². The Hall–Kier alpha value is -0.890. The molecule has 1 aromatic rings. The first-order chi connectivity index (χ1) is 9.12. The third-order valence-corrected chi connectivity index (χ3v) is 5.06. The molecule has 0 radical (unpaired) electrons. The predicted molar refractivity (Wildman–Crippen MR) is 80.9 cm³/mol. The highest BCUT2D eigenvalue weighted by molar-refractivity contribution is 5.08. The molecule has 2 nitrogen and oxygen atoms in total. The SMILES string of the molecule is CCC(C)(C)C1CCC(NCc2cccnc2)CC1. The Bertz CT molecular complexity index is 364. The number of pyridine rings is 1. The molecule has 1 aliphatic rings. The smallest absolute Gasteiger partial charge is 0.0312 e. The fourth-order valence-corrected chi connectivity index (χ4v) is 3.13. The Morgan fingerprint density at radius 3 is 2.58 bits per heavy atom. The summed E-state index contributed by atoms with van der Waals surface area (Å²) in [7, 11) is 0. The zero-order valence-electron chi connectivity index (χ0n) is 12.7. The highest BCUT2D eigenvalue weighted by Gasteiger charge is 2.31. The van der Waals surface area contributed by atoms with Gasteiger partial charge in [0, 0.05) is 25.0 Å². The molecule has 2 rings (SSSR count). The van der Waals surface area contributed by atoms with Crippen LogP contribution in [0.2, 0.25) is 0 Å². The van der Waals surface area contributed by atoms with Crippen LogP contribution in [0.4, 0.5) is 0 Å². The maximum absolute atomic E-state index is 4.16. The van der Waals surface area contributed by atoms with Gasteiger partial charge in [0.2, 0.25) is 0 Å². The standard InChI is InChI=1S/C17H28N2/c1-4-17(2,3)15-7-9-16(10-8-15)19-13-14-6-5-11-18-12-14/h5-6,11-12,15-16,19H,4,7-10,13H2,1-3H3. The van der Waals surface area contributed by atoms with E-state index in [4.69, 9.17) is 0 Å². The number of hydrogen-bond acceptors (Lipinski definition) is 2. The van der Waals surface area contributed by atoms with Gasteiger partial charge in [-0.15, -0.1) is 0 Å². The van der Waals surface area contributed by atoms with Crippen LogP contribution >= 0.6 is 0 Å². The lowest BCUT2D eigenvalue weighted by atomic mass is 9.69. The summed E-state index contributed by atoms with van der Waals surface area (Å²) in [5, 5.41) is 3.69. The second-order valence-electron chi connectivity index (χ2n) is 6.63. The first-order valence-corrected chi connectivity index (χ1v) is 7.74. The molecule has 1 aliphatic carbocycles. The summed E-state index contributed by atoms with van der Waals surface area (Å²) >= 11 is 0. The van der Waals surface area contributed by atoms with Crippen LogP contribution in [0.25, 0.3) is 0 Å². The van der Waals surface area contributed by atoms with E-state index in [-0.39, 0.29) is 0 Å². The summed E-state index contributed by atoms with van der Waals surface area (Å²) in [6.07, 6.45) is 10.5.